The smallest absolute Gasteiger partial charge is 0.277 e. The number of hydrogen-bond donors (Lipinski definition) is 0. The van der Waals surface area contributed by atoms with Gasteiger partial charge in [-0.25, -0.2) is 0 Å². The standard InChI is InChI=1S/C25H37N3O3/c1-4-7-8-9-14-28-24(29)22(20-10-12-21(13-11-20)31-19-5-2)23(25(28)30)27-17-15-26(6-3)16-18-27/h10-13H,4-9,14-19H2,1-3H3. The van der Waals surface area contributed by atoms with Gasteiger partial charge in [0.2, 0.25) is 0 Å². The number of piperazine rings is 1. The molecule has 0 atom stereocenters. The second-order valence-electron chi connectivity index (χ2n) is 8.34. The molecule has 3 rings (SSSR count). The number of rotatable bonds is 11. The fourth-order valence-electron chi connectivity index (χ4n) is 4.24. The van der Waals surface area contributed by atoms with Crippen LogP contribution in [-0.2, 0) is 9.59 Å². The van der Waals surface area contributed by atoms with Gasteiger partial charge in [-0.1, -0.05) is 52.2 Å². The lowest BCUT2D eigenvalue weighted by Gasteiger charge is -2.36. The molecule has 0 aromatic heterocycles. The number of ether oxygens (including phenoxy) is 1. The van der Waals surface area contributed by atoms with E-state index >= 15 is 0 Å². The van der Waals surface area contributed by atoms with Crippen LogP contribution >= 0.6 is 0 Å². The SMILES string of the molecule is CCCCCCN1C(=O)C(c2ccc(OCCC)cc2)=C(N2CCN(CC)CC2)C1=O. The summed E-state index contributed by atoms with van der Waals surface area (Å²) in [5.74, 6) is 0.502. The Balaban J connectivity index is 1.86. The van der Waals surface area contributed by atoms with Crippen molar-refractivity contribution in [2.24, 2.45) is 0 Å². The van der Waals surface area contributed by atoms with E-state index in [0.29, 0.717) is 24.4 Å². The number of likely N-dealkylation sites (N-methyl/N-ethyl adjacent to an activating group) is 1. The monoisotopic (exact) mass is 427 g/mol. The second kappa shape index (κ2) is 11.3. The Morgan fingerprint density at radius 3 is 2.16 bits per heavy atom. The summed E-state index contributed by atoms with van der Waals surface area (Å²) in [6.45, 7) is 11.9. The number of benzene rings is 1. The molecule has 0 unspecified atom stereocenters. The predicted octanol–water partition coefficient (Wildman–Crippen LogP) is 3.77. The van der Waals surface area contributed by atoms with Crippen molar-refractivity contribution in [2.45, 2.75) is 52.9 Å². The van der Waals surface area contributed by atoms with Crippen LogP contribution in [0.4, 0.5) is 0 Å². The van der Waals surface area contributed by atoms with Crippen molar-refractivity contribution in [1.29, 1.82) is 0 Å². The van der Waals surface area contributed by atoms with Gasteiger partial charge in [0.15, 0.2) is 0 Å². The summed E-state index contributed by atoms with van der Waals surface area (Å²) in [4.78, 5) is 32.7. The molecule has 2 heterocycles. The van der Waals surface area contributed by atoms with E-state index in [4.69, 9.17) is 4.74 Å². The summed E-state index contributed by atoms with van der Waals surface area (Å²) in [5.41, 5.74) is 1.93. The summed E-state index contributed by atoms with van der Waals surface area (Å²) in [6, 6.07) is 7.61. The Morgan fingerprint density at radius 2 is 1.55 bits per heavy atom. The molecule has 1 aromatic rings. The van der Waals surface area contributed by atoms with Crippen molar-refractivity contribution in [1.82, 2.24) is 14.7 Å². The van der Waals surface area contributed by atoms with Gasteiger partial charge in [-0.15, -0.1) is 0 Å². The first-order valence-corrected chi connectivity index (χ1v) is 11.9. The van der Waals surface area contributed by atoms with Crippen LogP contribution in [0.1, 0.15) is 58.4 Å². The predicted molar refractivity (Wildman–Crippen MR) is 124 cm³/mol. The third kappa shape index (κ3) is 5.48. The molecule has 2 aliphatic rings. The third-order valence-corrected chi connectivity index (χ3v) is 6.13. The molecule has 0 N–H and O–H groups in total. The highest BCUT2D eigenvalue weighted by molar-refractivity contribution is 6.35. The first-order valence-electron chi connectivity index (χ1n) is 11.9. The fourth-order valence-corrected chi connectivity index (χ4v) is 4.24. The van der Waals surface area contributed by atoms with Gasteiger partial charge in [-0.3, -0.25) is 14.5 Å². The van der Waals surface area contributed by atoms with Crippen LogP contribution in [0.2, 0.25) is 0 Å². The number of unbranched alkanes of at least 4 members (excludes halogenated alkanes) is 3. The molecule has 0 bridgehead atoms. The number of imide groups is 1. The zero-order valence-electron chi connectivity index (χ0n) is 19.4. The highest BCUT2D eigenvalue weighted by atomic mass is 16.5. The van der Waals surface area contributed by atoms with E-state index in [9.17, 15) is 9.59 Å². The zero-order chi connectivity index (χ0) is 22.2. The summed E-state index contributed by atoms with van der Waals surface area (Å²) >= 11 is 0. The molecule has 6 nitrogen and oxygen atoms in total. The van der Waals surface area contributed by atoms with Gasteiger partial charge >= 0.3 is 0 Å². The molecular weight excluding hydrogens is 390 g/mol. The molecule has 31 heavy (non-hydrogen) atoms. The number of amides is 2. The van der Waals surface area contributed by atoms with Crippen molar-refractivity contribution in [3.05, 3.63) is 35.5 Å². The molecule has 2 aliphatic heterocycles. The highest BCUT2D eigenvalue weighted by Gasteiger charge is 2.41. The Kier molecular flexibility index (Phi) is 8.52. The van der Waals surface area contributed by atoms with Crippen molar-refractivity contribution in [3.63, 3.8) is 0 Å². The van der Waals surface area contributed by atoms with Crippen molar-refractivity contribution >= 4 is 17.4 Å². The minimum absolute atomic E-state index is 0.132. The number of hydrogen-bond acceptors (Lipinski definition) is 5. The van der Waals surface area contributed by atoms with Crippen molar-refractivity contribution < 1.29 is 14.3 Å². The van der Waals surface area contributed by atoms with E-state index in [-0.39, 0.29) is 11.8 Å². The van der Waals surface area contributed by atoms with Crippen LogP contribution in [0.15, 0.2) is 30.0 Å². The lowest BCUT2D eigenvalue weighted by molar-refractivity contribution is -0.137. The molecule has 0 spiro atoms. The lowest BCUT2D eigenvalue weighted by Crippen LogP contribution is -2.47. The minimum atomic E-state index is -0.156. The van der Waals surface area contributed by atoms with Gasteiger partial charge in [0.1, 0.15) is 11.4 Å². The van der Waals surface area contributed by atoms with Crippen LogP contribution in [0.25, 0.3) is 5.57 Å². The molecule has 170 valence electrons. The molecule has 0 saturated carbocycles. The highest BCUT2D eigenvalue weighted by Crippen LogP contribution is 2.33. The zero-order valence-corrected chi connectivity index (χ0v) is 19.4. The van der Waals surface area contributed by atoms with Crippen LogP contribution < -0.4 is 4.74 Å². The van der Waals surface area contributed by atoms with Gasteiger partial charge in [-0.2, -0.15) is 0 Å². The molecule has 1 fully saturated rings. The Bertz CT molecular complexity index is 780. The molecule has 0 aliphatic carbocycles. The Morgan fingerprint density at radius 1 is 0.839 bits per heavy atom. The molecule has 0 radical (unpaired) electrons. The van der Waals surface area contributed by atoms with E-state index in [1.165, 1.54) is 4.90 Å². The van der Waals surface area contributed by atoms with E-state index in [1.807, 2.05) is 24.3 Å². The third-order valence-electron chi connectivity index (χ3n) is 6.13. The summed E-state index contributed by atoms with van der Waals surface area (Å²) in [5, 5.41) is 0. The van der Waals surface area contributed by atoms with Gasteiger partial charge in [-0.05, 0) is 37.1 Å². The lowest BCUT2D eigenvalue weighted by atomic mass is 10.0. The van der Waals surface area contributed by atoms with Crippen LogP contribution in [-0.4, -0.2) is 72.4 Å². The van der Waals surface area contributed by atoms with E-state index < -0.39 is 0 Å². The number of carbonyl (C=O) groups excluding carboxylic acids is 2. The Hall–Kier alpha value is -2.34. The Labute approximate surface area is 186 Å². The maximum absolute atomic E-state index is 13.4. The largest absolute Gasteiger partial charge is 0.494 e. The molecule has 6 heteroatoms. The van der Waals surface area contributed by atoms with Crippen LogP contribution in [0, 0.1) is 0 Å². The van der Waals surface area contributed by atoms with E-state index in [2.05, 4.69) is 30.6 Å². The van der Waals surface area contributed by atoms with Gasteiger partial charge in [0.05, 0.1) is 12.2 Å². The number of nitrogens with zero attached hydrogens (tertiary/aromatic N) is 3. The minimum Gasteiger partial charge on any atom is -0.494 e. The molecule has 2 amide bonds. The molecule has 1 aromatic carbocycles. The average Bonchev–Trinajstić information content (AvgIpc) is 3.05. The normalized spacial score (nSPS) is 17.8. The summed E-state index contributed by atoms with van der Waals surface area (Å²) in [7, 11) is 0. The van der Waals surface area contributed by atoms with Gasteiger partial charge < -0.3 is 14.5 Å². The first-order chi connectivity index (χ1) is 15.1. The van der Waals surface area contributed by atoms with E-state index in [1.54, 1.807) is 0 Å². The molecule has 1 saturated heterocycles. The second-order valence-corrected chi connectivity index (χ2v) is 8.34. The van der Waals surface area contributed by atoms with E-state index in [0.717, 1.165) is 76.1 Å². The maximum atomic E-state index is 13.4. The van der Waals surface area contributed by atoms with Crippen LogP contribution in [0.5, 0.6) is 5.75 Å². The van der Waals surface area contributed by atoms with Crippen molar-refractivity contribution in [3.8, 4) is 5.75 Å². The summed E-state index contributed by atoms with van der Waals surface area (Å²) in [6.07, 6.45) is 5.10. The number of carbonyl (C=O) groups is 2. The van der Waals surface area contributed by atoms with Gasteiger partial charge in [0.25, 0.3) is 11.8 Å². The first kappa shape index (κ1) is 23.3. The van der Waals surface area contributed by atoms with Crippen LogP contribution in [0.3, 0.4) is 0 Å². The maximum Gasteiger partial charge on any atom is 0.277 e. The molecular formula is C25H37N3O3. The fraction of sp³-hybridized carbons (Fsp3) is 0.600. The van der Waals surface area contributed by atoms with Gasteiger partial charge in [0, 0.05) is 32.7 Å². The average molecular weight is 428 g/mol. The van der Waals surface area contributed by atoms with Crippen molar-refractivity contribution in [2.75, 3.05) is 45.9 Å². The topological polar surface area (TPSA) is 53.1 Å². The quantitative estimate of drug-likeness (QED) is 0.397. The summed E-state index contributed by atoms with van der Waals surface area (Å²) < 4.78 is 5.69.